The zero-order valence-corrected chi connectivity index (χ0v) is 14.6. The Hall–Kier alpha value is -1.96. The van der Waals surface area contributed by atoms with E-state index < -0.39 is 10.0 Å². The van der Waals surface area contributed by atoms with E-state index in [0.717, 1.165) is 11.3 Å². The number of ether oxygens (including phenoxy) is 1. The molecule has 0 saturated carbocycles. The van der Waals surface area contributed by atoms with Crippen molar-refractivity contribution in [2.75, 3.05) is 33.8 Å². The quantitative estimate of drug-likeness (QED) is 0.843. The Labute approximate surface area is 142 Å². The summed E-state index contributed by atoms with van der Waals surface area (Å²) in [5.41, 5.74) is 1.07. The van der Waals surface area contributed by atoms with Gasteiger partial charge in [-0.25, -0.2) is 8.42 Å². The molecule has 2 heterocycles. The molecule has 3 rings (SSSR count). The molecule has 1 aliphatic rings. The van der Waals surface area contributed by atoms with Crippen LogP contribution in [0.3, 0.4) is 0 Å². The van der Waals surface area contributed by atoms with Crippen LogP contribution in [0.1, 0.15) is 11.6 Å². The van der Waals surface area contributed by atoms with E-state index in [-0.39, 0.29) is 10.9 Å². The summed E-state index contributed by atoms with van der Waals surface area (Å²) < 4.78 is 32.4. The van der Waals surface area contributed by atoms with Crippen LogP contribution in [0.2, 0.25) is 0 Å². The SMILES string of the molecule is COc1ccc([C@H]2CN(S(=O)(=O)c3cccnc3)CCN2C)cc1. The molecule has 0 radical (unpaired) electrons. The average molecular weight is 347 g/mol. The van der Waals surface area contributed by atoms with Crippen LogP contribution in [0.4, 0.5) is 0 Å². The maximum Gasteiger partial charge on any atom is 0.244 e. The van der Waals surface area contributed by atoms with Crippen molar-refractivity contribution >= 4 is 10.0 Å². The molecule has 6 nitrogen and oxygen atoms in total. The van der Waals surface area contributed by atoms with E-state index >= 15 is 0 Å². The fraction of sp³-hybridized carbons (Fsp3) is 0.353. The Kier molecular flexibility index (Phi) is 4.84. The second-order valence-electron chi connectivity index (χ2n) is 5.82. The third-order valence-corrected chi connectivity index (χ3v) is 6.23. The molecule has 7 heteroatoms. The van der Waals surface area contributed by atoms with Gasteiger partial charge in [0.2, 0.25) is 10.0 Å². The van der Waals surface area contributed by atoms with Crippen molar-refractivity contribution in [2.24, 2.45) is 0 Å². The number of aromatic nitrogens is 1. The Morgan fingerprint density at radius 2 is 1.92 bits per heavy atom. The predicted molar refractivity (Wildman–Crippen MR) is 91.4 cm³/mol. The molecule has 0 spiro atoms. The van der Waals surface area contributed by atoms with Crippen LogP contribution in [0, 0.1) is 0 Å². The van der Waals surface area contributed by atoms with Crippen molar-refractivity contribution in [2.45, 2.75) is 10.9 Å². The molecule has 1 atom stereocenters. The van der Waals surface area contributed by atoms with E-state index in [1.165, 1.54) is 6.20 Å². The lowest BCUT2D eigenvalue weighted by Gasteiger charge is -2.39. The van der Waals surface area contributed by atoms with Gasteiger partial charge in [0.25, 0.3) is 0 Å². The maximum atomic E-state index is 12.8. The summed E-state index contributed by atoms with van der Waals surface area (Å²) in [6, 6.07) is 11.0. The van der Waals surface area contributed by atoms with Crippen LogP contribution in [0.5, 0.6) is 5.75 Å². The molecule has 0 aliphatic carbocycles. The van der Waals surface area contributed by atoms with Crippen LogP contribution in [-0.2, 0) is 10.0 Å². The van der Waals surface area contributed by atoms with Gasteiger partial charge in [-0.15, -0.1) is 0 Å². The number of hydrogen-bond donors (Lipinski definition) is 0. The third kappa shape index (κ3) is 3.28. The third-order valence-electron chi connectivity index (χ3n) is 4.38. The van der Waals surface area contributed by atoms with Crippen LogP contribution < -0.4 is 4.74 Å². The van der Waals surface area contributed by atoms with Crippen molar-refractivity contribution < 1.29 is 13.2 Å². The van der Waals surface area contributed by atoms with Gasteiger partial charge in [0.1, 0.15) is 10.6 Å². The second-order valence-corrected chi connectivity index (χ2v) is 7.76. The van der Waals surface area contributed by atoms with Crippen molar-refractivity contribution in [3.63, 3.8) is 0 Å². The zero-order valence-electron chi connectivity index (χ0n) is 13.8. The molecule has 0 amide bonds. The number of nitrogens with zero attached hydrogens (tertiary/aromatic N) is 3. The van der Waals surface area contributed by atoms with Gasteiger partial charge in [-0.1, -0.05) is 12.1 Å². The van der Waals surface area contributed by atoms with Crippen LogP contribution in [-0.4, -0.2) is 56.4 Å². The van der Waals surface area contributed by atoms with Crippen LogP contribution in [0.15, 0.2) is 53.7 Å². The van der Waals surface area contributed by atoms with Crippen molar-refractivity contribution in [3.05, 3.63) is 54.4 Å². The first-order valence-corrected chi connectivity index (χ1v) is 9.21. The number of methoxy groups -OCH3 is 1. The van der Waals surface area contributed by atoms with Gasteiger partial charge in [0.05, 0.1) is 7.11 Å². The molecule has 2 aromatic rings. The first kappa shape index (κ1) is 16.9. The number of piperazine rings is 1. The number of benzene rings is 1. The molecule has 1 aromatic carbocycles. The minimum atomic E-state index is -3.52. The maximum absolute atomic E-state index is 12.8. The molecule has 1 aliphatic heterocycles. The highest BCUT2D eigenvalue weighted by molar-refractivity contribution is 7.89. The van der Waals surface area contributed by atoms with Gasteiger partial charge in [-0.3, -0.25) is 9.88 Å². The van der Waals surface area contributed by atoms with E-state index in [0.29, 0.717) is 19.6 Å². The van der Waals surface area contributed by atoms with Gasteiger partial charge >= 0.3 is 0 Å². The monoisotopic (exact) mass is 347 g/mol. The van der Waals surface area contributed by atoms with E-state index in [4.69, 9.17) is 4.74 Å². The molecule has 24 heavy (non-hydrogen) atoms. The molecule has 1 aromatic heterocycles. The van der Waals surface area contributed by atoms with E-state index in [2.05, 4.69) is 9.88 Å². The van der Waals surface area contributed by atoms with E-state index in [1.54, 1.807) is 29.7 Å². The van der Waals surface area contributed by atoms with Gasteiger partial charge in [0.15, 0.2) is 0 Å². The largest absolute Gasteiger partial charge is 0.497 e. The minimum Gasteiger partial charge on any atom is -0.497 e. The average Bonchev–Trinajstić information content (AvgIpc) is 2.63. The smallest absolute Gasteiger partial charge is 0.244 e. The van der Waals surface area contributed by atoms with Crippen molar-refractivity contribution in [3.8, 4) is 5.75 Å². The number of sulfonamides is 1. The van der Waals surface area contributed by atoms with Gasteiger partial charge in [-0.05, 0) is 36.9 Å². The topological polar surface area (TPSA) is 62.7 Å². The molecule has 0 bridgehead atoms. The fourth-order valence-corrected chi connectivity index (χ4v) is 4.30. The summed E-state index contributed by atoms with van der Waals surface area (Å²) in [5, 5.41) is 0. The summed E-state index contributed by atoms with van der Waals surface area (Å²) in [6.07, 6.45) is 2.97. The molecule has 0 unspecified atom stereocenters. The highest BCUT2D eigenvalue weighted by Crippen LogP contribution is 2.28. The minimum absolute atomic E-state index is 0.0103. The lowest BCUT2D eigenvalue weighted by molar-refractivity contribution is 0.148. The van der Waals surface area contributed by atoms with E-state index in [9.17, 15) is 8.42 Å². The highest BCUT2D eigenvalue weighted by atomic mass is 32.2. The standard InChI is InChI=1S/C17H21N3O3S/c1-19-10-11-20(24(21,22)16-4-3-9-18-12-16)13-17(19)14-5-7-15(23-2)8-6-14/h3-9,12,17H,10-11,13H2,1-2H3/t17-/m1/s1. The predicted octanol–water partition coefficient (Wildman–Crippen LogP) is 1.77. The summed E-state index contributed by atoms with van der Waals surface area (Å²) in [7, 11) is 0.126. The van der Waals surface area contributed by atoms with E-state index in [1.807, 2.05) is 31.3 Å². The van der Waals surface area contributed by atoms with Crippen LogP contribution >= 0.6 is 0 Å². The van der Waals surface area contributed by atoms with Gasteiger partial charge in [-0.2, -0.15) is 4.31 Å². The fourth-order valence-electron chi connectivity index (χ4n) is 2.90. The number of pyridine rings is 1. The highest BCUT2D eigenvalue weighted by Gasteiger charge is 2.33. The number of hydrogen-bond acceptors (Lipinski definition) is 5. The van der Waals surface area contributed by atoms with Gasteiger partial charge < -0.3 is 4.74 Å². The Morgan fingerprint density at radius 3 is 2.54 bits per heavy atom. The summed E-state index contributed by atoms with van der Waals surface area (Å²) in [4.78, 5) is 6.34. The summed E-state index contributed by atoms with van der Waals surface area (Å²) >= 11 is 0. The lowest BCUT2D eigenvalue weighted by atomic mass is 10.0. The normalized spacial score (nSPS) is 20.0. The summed E-state index contributed by atoms with van der Waals surface area (Å²) in [5.74, 6) is 0.789. The number of likely N-dealkylation sites (N-methyl/N-ethyl adjacent to an activating group) is 1. The first-order valence-electron chi connectivity index (χ1n) is 7.77. The Morgan fingerprint density at radius 1 is 1.17 bits per heavy atom. The Bertz CT molecular complexity index is 778. The first-order chi connectivity index (χ1) is 11.5. The Balaban J connectivity index is 1.85. The second kappa shape index (κ2) is 6.88. The van der Waals surface area contributed by atoms with Crippen LogP contribution in [0.25, 0.3) is 0 Å². The molecule has 1 fully saturated rings. The molecular weight excluding hydrogens is 326 g/mol. The molecular formula is C17H21N3O3S. The van der Waals surface area contributed by atoms with Gasteiger partial charge in [0, 0.05) is 38.1 Å². The van der Waals surface area contributed by atoms with Crippen molar-refractivity contribution in [1.29, 1.82) is 0 Å². The zero-order chi connectivity index (χ0) is 17.2. The number of rotatable bonds is 4. The molecule has 0 N–H and O–H groups in total. The summed E-state index contributed by atoms with van der Waals surface area (Å²) in [6.45, 7) is 1.57. The lowest BCUT2D eigenvalue weighted by Crippen LogP contribution is -2.48. The molecule has 1 saturated heterocycles. The molecule has 128 valence electrons. The van der Waals surface area contributed by atoms with Crippen molar-refractivity contribution in [1.82, 2.24) is 14.2 Å².